The highest BCUT2D eigenvalue weighted by Gasteiger charge is 2.10. The molecule has 0 radical (unpaired) electrons. The van der Waals surface area contributed by atoms with Crippen LogP contribution in [0.3, 0.4) is 0 Å². The fourth-order valence-electron chi connectivity index (χ4n) is 1.96. The highest BCUT2D eigenvalue weighted by Crippen LogP contribution is 2.21. The Morgan fingerprint density at radius 3 is 2.55 bits per heavy atom. The fourth-order valence-corrected chi connectivity index (χ4v) is 2.81. The van der Waals surface area contributed by atoms with E-state index >= 15 is 0 Å². The predicted molar refractivity (Wildman–Crippen MR) is 85.0 cm³/mol. The van der Waals surface area contributed by atoms with E-state index in [9.17, 15) is 0 Å². The van der Waals surface area contributed by atoms with Crippen LogP contribution in [0.25, 0.3) is 0 Å². The Morgan fingerprint density at radius 2 is 1.95 bits per heavy atom. The molecule has 0 atom stereocenters. The molecule has 5 nitrogen and oxygen atoms in total. The minimum Gasteiger partial charge on any atom is -0.366 e. The van der Waals surface area contributed by atoms with Gasteiger partial charge >= 0.3 is 0 Å². The van der Waals surface area contributed by atoms with Gasteiger partial charge in [0.15, 0.2) is 0 Å². The normalized spacial score (nSPS) is 10.6. The average Bonchev–Trinajstić information content (AvgIpc) is 2.84. The van der Waals surface area contributed by atoms with Crippen molar-refractivity contribution in [3.63, 3.8) is 0 Å². The van der Waals surface area contributed by atoms with Crippen LogP contribution in [-0.2, 0) is 13.0 Å². The summed E-state index contributed by atoms with van der Waals surface area (Å²) in [5.74, 6) is 7.89. The summed E-state index contributed by atoms with van der Waals surface area (Å²) in [6.07, 6.45) is 1.86. The van der Waals surface area contributed by atoms with Crippen LogP contribution in [0.15, 0.2) is 10.8 Å². The van der Waals surface area contributed by atoms with Crippen molar-refractivity contribution < 1.29 is 0 Å². The summed E-state index contributed by atoms with van der Waals surface area (Å²) >= 11 is 1.72. The predicted octanol–water partition coefficient (Wildman–Crippen LogP) is 3.01. The topological polar surface area (TPSA) is 75.9 Å². The minimum atomic E-state index is 0.688. The Balaban J connectivity index is 2.21. The lowest BCUT2D eigenvalue weighted by molar-refractivity contribution is 0.830. The number of thiophene rings is 1. The van der Waals surface area contributed by atoms with E-state index in [1.54, 1.807) is 11.3 Å². The lowest BCUT2D eigenvalue weighted by Gasteiger charge is -2.13. The van der Waals surface area contributed by atoms with Crippen molar-refractivity contribution in [3.05, 3.63) is 33.3 Å². The molecule has 0 aliphatic heterocycles. The van der Waals surface area contributed by atoms with Crippen LogP contribution in [-0.4, -0.2) is 9.97 Å². The van der Waals surface area contributed by atoms with Crippen molar-refractivity contribution in [3.8, 4) is 0 Å². The molecule has 0 fully saturated rings. The second-order valence-electron chi connectivity index (χ2n) is 4.79. The smallest absolute Gasteiger partial charge is 0.148 e. The van der Waals surface area contributed by atoms with Crippen molar-refractivity contribution >= 4 is 23.0 Å². The number of hydrazine groups is 1. The molecule has 0 saturated heterocycles. The lowest BCUT2D eigenvalue weighted by Crippen LogP contribution is -2.15. The zero-order valence-corrected chi connectivity index (χ0v) is 13.0. The number of anilines is 2. The maximum atomic E-state index is 5.53. The summed E-state index contributed by atoms with van der Waals surface area (Å²) in [7, 11) is 0. The monoisotopic (exact) mass is 291 g/mol. The standard InChI is InChI=1S/C14H21N5S/c1-4-5-12-17-13(10(3)14(18-12)19-15)16-6-11-8-20-7-9(11)2/h7-8H,4-6,15H2,1-3H3,(H2,16,17,18,19). The third-order valence-corrected chi connectivity index (χ3v) is 4.12. The van der Waals surface area contributed by atoms with E-state index in [-0.39, 0.29) is 0 Å². The highest BCUT2D eigenvalue weighted by molar-refractivity contribution is 7.08. The largest absolute Gasteiger partial charge is 0.366 e. The van der Waals surface area contributed by atoms with Gasteiger partial charge in [-0.15, -0.1) is 0 Å². The van der Waals surface area contributed by atoms with E-state index in [2.05, 4.69) is 45.3 Å². The molecule has 0 bridgehead atoms. The van der Waals surface area contributed by atoms with E-state index in [0.717, 1.165) is 36.6 Å². The molecule has 0 aliphatic rings. The summed E-state index contributed by atoms with van der Waals surface area (Å²) < 4.78 is 0. The van der Waals surface area contributed by atoms with E-state index in [4.69, 9.17) is 5.84 Å². The second-order valence-corrected chi connectivity index (χ2v) is 5.53. The van der Waals surface area contributed by atoms with Gasteiger partial charge in [0.1, 0.15) is 17.5 Å². The Kier molecular flexibility index (Phi) is 4.92. The Labute approximate surface area is 123 Å². The van der Waals surface area contributed by atoms with Gasteiger partial charge in [0.2, 0.25) is 0 Å². The molecule has 2 aromatic heterocycles. The number of nitrogens with two attached hydrogens (primary N) is 1. The van der Waals surface area contributed by atoms with E-state index in [1.165, 1.54) is 11.1 Å². The Morgan fingerprint density at radius 1 is 1.20 bits per heavy atom. The molecule has 6 heteroatoms. The first-order valence-corrected chi connectivity index (χ1v) is 7.69. The van der Waals surface area contributed by atoms with E-state index in [1.807, 2.05) is 6.92 Å². The number of nitrogens with one attached hydrogen (secondary N) is 2. The average molecular weight is 291 g/mol. The van der Waals surface area contributed by atoms with Crippen LogP contribution in [0.1, 0.15) is 35.9 Å². The number of hydrogen-bond donors (Lipinski definition) is 3. The highest BCUT2D eigenvalue weighted by atomic mass is 32.1. The maximum absolute atomic E-state index is 5.53. The van der Waals surface area contributed by atoms with Crippen LogP contribution in [0.4, 0.5) is 11.6 Å². The molecule has 4 N–H and O–H groups in total. The molecule has 2 rings (SSSR count). The number of nitrogens with zero attached hydrogens (tertiary/aromatic N) is 2. The zero-order valence-electron chi connectivity index (χ0n) is 12.2. The van der Waals surface area contributed by atoms with Gasteiger partial charge in [0.05, 0.1) is 0 Å². The van der Waals surface area contributed by atoms with E-state index in [0.29, 0.717) is 5.82 Å². The van der Waals surface area contributed by atoms with Crippen molar-refractivity contribution in [1.82, 2.24) is 9.97 Å². The molecule has 0 aliphatic carbocycles. The molecule has 0 unspecified atom stereocenters. The van der Waals surface area contributed by atoms with Gasteiger partial charge in [-0.05, 0) is 42.2 Å². The zero-order chi connectivity index (χ0) is 14.5. The third kappa shape index (κ3) is 3.26. The van der Waals surface area contributed by atoms with Crippen molar-refractivity contribution in [2.24, 2.45) is 5.84 Å². The summed E-state index contributed by atoms with van der Waals surface area (Å²) in [5, 5.41) is 7.70. The quantitative estimate of drug-likeness (QED) is 0.563. The number of nitrogen functional groups attached to an aromatic ring is 1. The van der Waals surface area contributed by atoms with Gasteiger partial charge in [0, 0.05) is 18.5 Å². The summed E-state index contributed by atoms with van der Waals surface area (Å²) in [6.45, 7) is 6.97. The molecule has 20 heavy (non-hydrogen) atoms. The van der Waals surface area contributed by atoms with Crippen LogP contribution in [0.5, 0.6) is 0 Å². The Bertz CT molecular complexity index is 579. The molecule has 0 aromatic carbocycles. The molecule has 0 saturated carbocycles. The molecule has 2 heterocycles. The van der Waals surface area contributed by atoms with Gasteiger partial charge in [-0.3, -0.25) is 0 Å². The minimum absolute atomic E-state index is 0.688. The van der Waals surface area contributed by atoms with Crippen LogP contribution < -0.4 is 16.6 Å². The fraction of sp³-hybridized carbons (Fsp3) is 0.429. The van der Waals surface area contributed by atoms with Crippen molar-refractivity contribution in [2.75, 3.05) is 10.7 Å². The summed E-state index contributed by atoms with van der Waals surface area (Å²) in [6, 6.07) is 0. The first-order valence-electron chi connectivity index (χ1n) is 6.75. The number of aromatic nitrogens is 2. The van der Waals surface area contributed by atoms with Crippen LogP contribution in [0, 0.1) is 13.8 Å². The molecule has 2 aromatic rings. The first-order chi connectivity index (χ1) is 9.65. The number of rotatable bonds is 6. The van der Waals surface area contributed by atoms with Gasteiger partial charge in [0.25, 0.3) is 0 Å². The summed E-state index contributed by atoms with van der Waals surface area (Å²) in [4.78, 5) is 9.00. The molecule has 108 valence electrons. The third-order valence-electron chi connectivity index (χ3n) is 3.21. The van der Waals surface area contributed by atoms with Crippen LogP contribution >= 0.6 is 11.3 Å². The van der Waals surface area contributed by atoms with Gasteiger partial charge in [-0.1, -0.05) is 6.92 Å². The van der Waals surface area contributed by atoms with Gasteiger partial charge < -0.3 is 10.7 Å². The second kappa shape index (κ2) is 6.67. The number of aryl methyl sites for hydroxylation is 2. The molecular weight excluding hydrogens is 270 g/mol. The SMILES string of the molecule is CCCc1nc(NN)c(C)c(NCc2cscc2C)n1. The summed E-state index contributed by atoms with van der Waals surface area (Å²) in [5.41, 5.74) is 6.20. The Hall–Kier alpha value is -1.66. The van der Waals surface area contributed by atoms with Crippen molar-refractivity contribution in [1.29, 1.82) is 0 Å². The maximum Gasteiger partial charge on any atom is 0.148 e. The first kappa shape index (κ1) is 14.7. The molecule has 0 spiro atoms. The van der Waals surface area contributed by atoms with Gasteiger partial charge in [-0.2, -0.15) is 11.3 Å². The van der Waals surface area contributed by atoms with Crippen LogP contribution in [0.2, 0.25) is 0 Å². The molecule has 0 amide bonds. The number of hydrogen-bond acceptors (Lipinski definition) is 6. The van der Waals surface area contributed by atoms with Crippen molar-refractivity contribution in [2.45, 2.75) is 40.2 Å². The van der Waals surface area contributed by atoms with E-state index < -0.39 is 0 Å². The lowest BCUT2D eigenvalue weighted by atomic mass is 10.2. The molecular formula is C14H21N5S. The van der Waals surface area contributed by atoms with Gasteiger partial charge in [-0.25, -0.2) is 15.8 Å².